The molecule has 0 spiro atoms. The van der Waals surface area contributed by atoms with Crippen LogP contribution in [0.2, 0.25) is 0 Å². The lowest BCUT2D eigenvalue weighted by Gasteiger charge is -2.04. The Morgan fingerprint density at radius 1 is 1.30 bits per heavy atom. The van der Waals surface area contributed by atoms with E-state index in [4.69, 9.17) is 4.74 Å². The van der Waals surface area contributed by atoms with Crippen molar-refractivity contribution < 1.29 is 9.53 Å². The quantitative estimate of drug-likeness (QED) is 0.679. The Labute approximate surface area is 115 Å². The minimum Gasteiger partial charge on any atom is -0.462 e. The van der Waals surface area contributed by atoms with Crippen LogP contribution in [-0.2, 0) is 4.74 Å². The van der Waals surface area contributed by atoms with Gasteiger partial charge in [0.25, 0.3) is 0 Å². The van der Waals surface area contributed by atoms with E-state index in [1.54, 1.807) is 30.0 Å². The molecule has 0 saturated heterocycles. The number of carbonyl (C=O) groups excluding carboxylic acids is 1. The van der Waals surface area contributed by atoms with Crippen molar-refractivity contribution in [1.82, 2.24) is 19.6 Å². The summed E-state index contributed by atoms with van der Waals surface area (Å²) in [5, 5.41) is 4.22. The first kappa shape index (κ1) is 12.3. The molecule has 3 heterocycles. The van der Waals surface area contributed by atoms with E-state index in [9.17, 15) is 4.79 Å². The van der Waals surface area contributed by atoms with E-state index in [0.29, 0.717) is 17.8 Å². The van der Waals surface area contributed by atoms with E-state index in [1.807, 2.05) is 18.2 Å². The average Bonchev–Trinajstić information content (AvgIpc) is 2.92. The Kier molecular flexibility index (Phi) is 3.12. The van der Waals surface area contributed by atoms with Gasteiger partial charge in [0.15, 0.2) is 5.65 Å². The van der Waals surface area contributed by atoms with Crippen LogP contribution in [0.25, 0.3) is 16.9 Å². The third kappa shape index (κ3) is 2.01. The SMILES string of the molecule is CCOC(=O)c1cnn2c(-c3cccnc3)ccnc12. The first-order valence-corrected chi connectivity index (χ1v) is 6.21. The zero-order valence-electron chi connectivity index (χ0n) is 10.9. The fourth-order valence-corrected chi connectivity index (χ4v) is 1.98. The molecule has 6 nitrogen and oxygen atoms in total. The Hall–Kier alpha value is -2.76. The summed E-state index contributed by atoms with van der Waals surface area (Å²) in [7, 11) is 0. The highest BCUT2D eigenvalue weighted by Gasteiger charge is 2.16. The van der Waals surface area contributed by atoms with Gasteiger partial charge in [0.05, 0.1) is 18.5 Å². The monoisotopic (exact) mass is 268 g/mol. The predicted octanol–water partition coefficient (Wildman–Crippen LogP) is 1.97. The number of esters is 1. The highest BCUT2D eigenvalue weighted by molar-refractivity contribution is 5.95. The summed E-state index contributed by atoms with van der Waals surface area (Å²) in [5.74, 6) is -0.418. The highest BCUT2D eigenvalue weighted by atomic mass is 16.5. The maximum atomic E-state index is 11.8. The van der Waals surface area contributed by atoms with Crippen molar-refractivity contribution in [3.05, 3.63) is 48.5 Å². The summed E-state index contributed by atoms with van der Waals surface area (Å²) in [6.07, 6.45) is 6.55. The number of hydrogen-bond acceptors (Lipinski definition) is 5. The number of aromatic nitrogens is 4. The Balaban J connectivity index is 2.15. The van der Waals surface area contributed by atoms with Gasteiger partial charge in [0.2, 0.25) is 0 Å². The van der Waals surface area contributed by atoms with Crippen LogP contribution < -0.4 is 0 Å². The van der Waals surface area contributed by atoms with Crippen LogP contribution >= 0.6 is 0 Å². The Morgan fingerprint density at radius 2 is 2.20 bits per heavy atom. The van der Waals surface area contributed by atoms with Crippen LogP contribution in [0, 0.1) is 0 Å². The zero-order chi connectivity index (χ0) is 13.9. The van der Waals surface area contributed by atoms with Crippen molar-refractivity contribution in [3.63, 3.8) is 0 Å². The van der Waals surface area contributed by atoms with E-state index in [-0.39, 0.29) is 0 Å². The molecule has 0 amide bonds. The second-order valence-corrected chi connectivity index (χ2v) is 4.09. The topological polar surface area (TPSA) is 69.4 Å². The molecule has 0 aliphatic heterocycles. The molecule has 0 saturated carbocycles. The molecule has 0 bridgehead atoms. The minimum atomic E-state index is -0.418. The summed E-state index contributed by atoms with van der Waals surface area (Å²) >= 11 is 0. The van der Waals surface area contributed by atoms with Crippen LogP contribution in [0.15, 0.2) is 43.0 Å². The molecular formula is C14H12N4O2. The van der Waals surface area contributed by atoms with E-state index in [0.717, 1.165) is 11.3 Å². The van der Waals surface area contributed by atoms with Gasteiger partial charge in [-0.2, -0.15) is 5.10 Å². The molecule has 0 radical (unpaired) electrons. The number of hydrogen-bond donors (Lipinski definition) is 0. The smallest absolute Gasteiger partial charge is 0.343 e. The lowest BCUT2D eigenvalue weighted by molar-refractivity contribution is 0.0528. The second kappa shape index (κ2) is 5.08. The summed E-state index contributed by atoms with van der Waals surface area (Å²) < 4.78 is 6.61. The Bertz CT molecular complexity index is 752. The van der Waals surface area contributed by atoms with Gasteiger partial charge < -0.3 is 4.74 Å². The molecule has 0 fully saturated rings. The van der Waals surface area contributed by atoms with E-state index in [2.05, 4.69) is 15.1 Å². The number of rotatable bonds is 3. The van der Waals surface area contributed by atoms with E-state index in [1.165, 1.54) is 6.20 Å². The van der Waals surface area contributed by atoms with E-state index >= 15 is 0 Å². The number of ether oxygens (including phenoxy) is 1. The minimum absolute atomic E-state index is 0.318. The zero-order valence-corrected chi connectivity index (χ0v) is 10.9. The van der Waals surface area contributed by atoms with Crippen molar-refractivity contribution in [2.24, 2.45) is 0 Å². The van der Waals surface area contributed by atoms with Gasteiger partial charge >= 0.3 is 5.97 Å². The van der Waals surface area contributed by atoms with Crippen molar-refractivity contribution >= 4 is 11.6 Å². The van der Waals surface area contributed by atoms with Crippen molar-refractivity contribution in [2.45, 2.75) is 6.92 Å². The molecule has 0 aliphatic rings. The van der Waals surface area contributed by atoms with Crippen molar-refractivity contribution in [3.8, 4) is 11.3 Å². The molecule has 3 aromatic heterocycles. The van der Waals surface area contributed by atoms with Crippen LogP contribution in [0.5, 0.6) is 0 Å². The van der Waals surface area contributed by atoms with Crippen molar-refractivity contribution in [1.29, 1.82) is 0 Å². The number of fused-ring (bicyclic) bond motifs is 1. The van der Waals surface area contributed by atoms with Crippen LogP contribution in [0.3, 0.4) is 0 Å². The summed E-state index contributed by atoms with van der Waals surface area (Å²) in [6.45, 7) is 2.08. The Morgan fingerprint density at radius 3 is 2.95 bits per heavy atom. The molecule has 0 aliphatic carbocycles. The molecule has 3 rings (SSSR count). The maximum Gasteiger partial charge on any atom is 0.343 e. The fourth-order valence-electron chi connectivity index (χ4n) is 1.98. The standard InChI is InChI=1S/C14H12N4O2/c1-2-20-14(19)11-9-17-18-12(5-7-16-13(11)18)10-4-3-6-15-8-10/h3-9H,2H2,1H3. The largest absolute Gasteiger partial charge is 0.462 e. The summed E-state index contributed by atoms with van der Waals surface area (Å²) in [6, 6.07) is 5.59. The highest BCUT2D eigenvalue weighted by Crippen LogP contribution is 2.20. The van der Waals surface area contributed by atoms with Crippen LogP contribution in [0.1, 0.15) is 17.3 Å². The van der Waals surface area contributed by atoms with E-state index < -0.39 is 5.97 Å². The number of carbonyl (C=O) groups is 1. The molecule has 0 unspecified atom stereocenters. The van der Waals surface area contributed by atoms with Gasteiger partial charge in [0.1, 0.15) is 5.56 Å². The fraction of sp³-hybridized carbons (Fsp3) is 0.143. The molecular weight excluding hydrogens is 256 g/mol. The first-order chi connectivity index (χ1) is 9.81. The molecule has 0 N–H and O–H groups in total. The average molecular weight is 268 g/mol. The van der Waals surface area contributed by atoms with Crippen molar-refractivity contribution in [2.75, 3.05) is 6.61 Å². The molecule has 0 atom stereocenters. The second-order valence-electron chi connectivity index (χ2n) is 4.09. The van der Waals surface area contributed by atoms with Crippen LogP contribution in [-0.4, -0.2) is 32.2 Å². The number of nitrogens with zero attached hydrogens (tertiary/aromatic N) is 4. The lowest BCUT2D eigenvalue weighted by Crippen LogP contribution is -2.05. The van der Waals surface area contributed by atoms with Gasteiger partial charge in [-0.3, -0.25) is 4.98 Å². The molecule has 100 valence electrons. The lowest BCUT2D eigenvalue weighted by atomic mass is 10.2. The van der Waals surface area contributed by atoms with Gasteiger partial charge in [-0.15, -0.1) is 0 Å². The molecule has 0 aromatic carbocycles. The maximum absolute atomic E-state index is 11.8. The third-order valence-corrected chi connectivity index (χ3v) is 2.85. The van der Waals surface area contributed by atoms with Gasteiger partial charge in [-0.25, -0.2) is 14.3 Å². The normalized spacial score (nSPS) is 10.7. The van der Waals surface area contributed by atoms with Crippen LogP contribution in [0.4, 0.5) is 0 Å². The number of pyridine rings is 1. The summed E-state index contributed by atoms with van der Waals surface area (Å²) in [5.41, 5.74) is 2.56. The van der Waals surface area contributed by atoms with Gasteiger partial charge in [0, 0.05) is 24.2 Å². The first-order valence-electron chi connectivity index (χ1n) is 6.21. The molecule has 6 heteroatoms. The predicted molar refractivity (Wildman–Crippen MR) is 72.2 cm³/mol. The van der Waals surface area contributed by atoms with Gasteiger partial charge in [-0.1, -0.05) is 0 Å². The van der Waals surface area contributed by atoms with Gasteiger partial charge in [-0.05, 0) is 25.1 Å². The summed E-state index contributed by atoms with van der Waals surface area (Å²) in [4.78, 5) is 20.1. The molecule has 3 aromatic rings. The molecule has 20 heavy (non-hydrogen) atoms. The third-order valence-electron chi connectivity index (χ3n) is 2.85.